The van der Waals surface area contributed by atoms with Gasteiger partial charge in [0.2, 0.25) is 29.6 Å². The molecule has 14 N–H and O–H groups in total. The number of nitrogens with one attached hydrogen (secondary N) is 10. The number of esters is 1. The number of nitrogens with zero attached hydrogens (tertiary/aromatic N) is 5. The molecule has 6 amide bonds. The number of aryl methyl sites for hydroxylation is 2. The van der Waals surface area contributed by atoms with Crippen molar-refractivity contribution < 1.29 is 75.5 Å². The normalized spacial score (nSPS) is 17.0. The minimum atomic E-state index is -4.49. The van der Waals surface area contributed by atoms with Crippen LogP contribution in [0.25, 0.3) is 33.2 Å². The summed E-state index contributed by atoms with van der Waals surface area (Å²) >= 11 is 0. The molecule has 8 atom stereocenters. The van der Waals surface area contributed by atoms with Crippen LogP contribution in [0.4, 0.5) is 16.4 Å². The highest BCUT2D eigenvalue weighted by Crippen LogP contribution is 2.48. The summed E-state index contributed by atoms with van der Waals surface area (Å²) in [4.78, 5) is 177. The summed E-state index contributed by atoms with van der Waals surface area (Å²) in [5, 5.41) is 22.9. The molecule has 542 valence electrons. The number of H-pyrrole nitrogens is 3. The van der Waals surface area contributed by atoms with Gasteiger partial charge in [0.05, 0.1) is 54.4 Å². The third-order valence-corrected chi connectivity index (χ3v) is 20.9. The number of methoxy groups -OCH3 is 1. The number of ketones is 2. The summed E-state index contributed by atoms with van der Waals surface area (Å²) < 4.78 is 42.1. The lowest BCUT2D eigenvalue weighted by Crippen LogP contribution is -2.53. The van der Waals surface area contributed by atoms with Gasteiger partial charge in [0.1, 0.15) is 24.6 Å². The molecule has 8 bridgehead atoms. The molecule has 5 aromatic heterocycles. The zero-order valence-electron chi connectivity index (χ0n) is 56.8. The second-order valence-corrected chi connectivity index (χ2v) is 29.0. The fourth-order valence-corrected chi connectivity index (χ4v) is 14.7. The first-order chi connectivity index (χ1) is 48.4. The molecule has 7 heterocycles. The monoisotopic (exact) mass is 1460 g/mol. The Morgan fingerprint density at radius 1 is 0.794 bits per heavy atom. The van der Waals surface area contributed by atoms with Crippen molar-refractivity contribution in [3.05, 3.63) is 121 Å². The second-order valence-electron chi connectivity index (χ2n) is 24.8. The number of carbonyl (C=O) groups excluding carboxylic acids is 9. The van der Waals surface area contributed by atoms with E-state index in [1.165, 1.54) is 20.2 Å². The number of amides is 6. The Balaban J connectivity index is 0.764. The second kappa shape index (κ2) is 33.0. The average molecular weight is 1460 g/mol. The largest absolute Gasteiger partial charge is 0.480 e. The van der Waals surface area contributed by atoms with Crippen LogP contribution in [-0.2, 0) is 54.9 Å². The summed E-state index contributed by atoms with van der Waals surface area (Å²) in [6.45, 7) is 12.2. The lowest BCUT2D eigenvalue weighted by atomic mass is 9.84. The van der Waals surface area contributed by atoms with Crippen molar-refractivity contribution in [2.24, 2.45) is 0 Å². The Hall–Kier alpha value is -10.3. The van der Waals surface area contributed by atoms with Gasteiger partial charge >= 0.3 is 18.0 Å². The van der Waals surface area contributed by atoms with E-state index in [4.69, 9.17) is 29.7 Å². The van der Waals surface area contributed by atoms with Gasteiger partial charge in [-0.2, -0.15) is 13.4 Å². The quantitative estimate of drug-likeness (QED) is 0.00561. The Labute approximate surface area is 590 Å². The van der Waals surface area contributed by atoms with Gasteiger partial charge < -0.3 is 56.9 Å². The molecule has 1 unspecified atom stereocenters. The number of hydrogen-bond donors (Lipinski definition) is 13. The minimum absolute atomic E-state index is 0.00850. The van der Waals surface area contributed by atoms with Gasteiger partial charge in [-0.1, -0.05) is 42.4 Å². The summed E-state index contributed by atoms with van der Waals surface area (Å²) in [6, 6.07) is 8.13. The van der Waals surface area contributed by atoms with Crippen LogP contribution in [0.1, 0.15) is 179 Å². The smallest absolute Gasteiger partial charge is 0.426 e. The van der Waals surface area contributed by atoms with Crippen LogP contribution in [0.15, 0.2) is 53.5 Å². The van der Waals surface area contributed by atoms with Crippen molar-refractivity contribution in [3.8, 4) is 0 Å². The molecule has 36 heteroatoms. The highest BCUT2D eigenvalue weighted by Gasteiger charge is 2.46. The Kier molecular flexibility index (Phi) is 24.5. The third-order valence-electron chi connectivity index (χ3n) is 17.8. The number of nitrogens with two attached hydrogens (primary N) is 1. The molecule has 3 aliphatic rings. The minimum Gasteiger partial charge on any atom is -0.480 e. The lowest BCUT2D eigenvalue weighted by molar-refractivity contribution is -0.142. The number of carboxylic acids is 1. The van der Waals surface area contributed by atoms with Gasteiger partial charge in [0.15, 0.2) is 22.7 Å². The van der Waals surface area contributed by atoms with E-state index in [2.05, 4.69) is 81.2 Å². The van der Waals surface area contributed by atoms with Crippen molar-refractivity contribution in [1.82, 2.24) is 72.0 Å². The van der Waals surface area contributed by atoms with E-state index in [1.807, 2.05) is 32.0 Å². The van der Waals surface area contributed by atoms with Crippen LogP contribution in [0.5, 0.6) is 0 Å². The molecule has 33 nitrogen and oxygen atoms in total. The molecule has 6 aromatic rings. The number of hydrazine groups is 1. The van der Waals surface area contributed by atoms with E-state index < -0.39 is 124 Å². The van der Waals surface area contributed by atoms with Crippen LogP contribution in [0.3, 0.4) is 0 Å². The van der Waals surface area contributed by atoms with Crippen LogP contribution in [0, 0.1) is 13.8 Å². The maximum Gasteiger partial charge on any atom is 0.426 e. The predicted octanol–water partition coefficient (Wildman–Crippen LogP) is 4.96. The summed E-state index contributed by atoms with van der Waals surface area (Å²) in [7, 11) is -1.28. The van der Waals surface area contributed by atoms with E-state index in [0.717, 1.165) is 39.4 Å². The van der Waals surface area contributed by atoms with E-state index in [-0.39, 0.29) is 90.6 Å². The van der Waals surface area contributed by atoms with Crippen LogP contribution in [0.2, 0.25) is 0 Å². The summed E-state index contributed by atoms with van der Waals surface area (Å²) in [5.41, 5.74) is 18.1. The van der Waals surface area contributed by atoms with E-state index in [1.54, 1.807) is 38.1 Å². The van der Waals surface area contributed by atoms with Crippen molar-refractivity contribution in [3.63, 3.8) is 0 Å². The first-order valence-corrected chi connectivity index (χ1v) is 36.6. The number of rotatable bonds is 29. The first-order valence-electron chi connectivity index (χ1n) is 32.5. The fraction of sp³-hybridized carbons (Fsp3) is 0.424. The van der Waals surface area contributed by atoms with E-state index in [9.17, 15) is 66.3 Å². The maximum absolute atomic E-state index is 14.5. The van der Waals surface area contributed by atoms with Gasteiger partial charge in [-0.3, -0.25) is 68.1 Å². The number of nitrogen functional groups attached to an aromatic ring is 1. The molecule has 0 fully saturated rings. The van der Waals surface area contributed by atoms with E-state index in [0.29, 0.717) is 72.7 Å². The first kappa shape index (κ1) is 75.9. The zero-order chi connectivity index (χ0) is 74.0. The van der Waals surface area contributed by atoms with Crippen LogP contribution in [-0.4, -0.2) is 173 Å². The number of hydrogen-bond acceptors (Lipinski definition) is 24. The fourth-order valence-electron chi connectivity index (χ4n) is 12.4. The number of carboxylic acid groups (broad SMARTS) is 1. The molecule has 0 saturated carbocycles. The van der Waals surface area contributed by atoms with Gasteiger partial charge in [-0.25, -0.2) is 25.0 Å². The number of aromatic amines is 3. The van der Waals surface area contributed by atoms with Gasteiger partial charge in [-0.15, -0.1) is 0 Å². The van der Waals surface area contributed by atoms with Crippen molar-refractivity contribution >= 4 is 136 Å². The molecule has 1 aromatic carbocycles. The number of Topliss-reactive ketones (excluding diaryl/α,β-unsaturated/α-hetero) is 2. The van der Waals surface area contributed by atoms with E-state index >= 15 is 0 Å². The SMILES string of the molecule is CC[C@H]1c2cc3[nH]c4c(c3C)C(=O)C(C(=O)OC)c4c3nc(cc4[nH]c(cc(n2)[C@@H]1C)c(C(C)=O)c4C)[C@@H](C)[C@@H]3CCC(=O)NNC(=O)OCCSSC[C@H](NC(=O)[C@H](CC(=O)NCCS(=O)(=O)O)NC(=O)CC[C@@H](C)NC(=O)c1ccc(NCc2cnc3nc(N)[nH]c(=O)c3n2)cc1)C(=O)O. The maximum atomic E-state index is 14.5. The van der Waals surface area contributed by atoms with Crippen molar-refractivity contribution in [2.75, 3.05) is 48.6 Å². The Bertz CT molecular complexity index is 4680. The number of aromatic nitrogens is 8. The highest BCUT2D eigenvalue weighted by molar-refractivity contribution is 8.76. The highest BCUT2D eigenvalue weighted by atomic mass is 33.1. The number of ether oxygens (including phenoxy) is 2. The molecule has 0 saturated heterocycles. The zero-order valence-corrected chi connectivity index (χ0v) is 59.2. The summed E-state index contributed by atoms with van der Waals surface area (Å²) in [6.07, 6.45) is 0.0372. The number of aliphatic carboxylic acids is 1. The van der Waals surface area contributed by atoms with Crippen LogP contribution >= 0.6 is 21.6 Å². The molecular formula is C66H78N16O17S3. The van der Waals surface area contributed by atoms with Gasteiger partial charge in [-0.05, 0) is 101 Å². The molecule has 2 aliphatic heterocycles. The predicted molar refractivity (Wildman–Crippen MR) is 377 cm³/mol. The number of anilines is 2. The Morgan fingerprint density at radius 3 is 2.19 bits per heavy atom. The van der Waals surface area contributed by atoms with Crippen molar-refractivity contribution in [2.45, 2.75) is 141 Å². The average Bonchev–Trinajstić information content (AvgIpc) is 1.56. The third kappa shape index (κ3) is 18.2. The van der Waals surface area contributed by atoms with Gasteiger partial charge in [0, 0.05) is 117 Å². The van der Waals surface area contributed by atoms with Crippen LogP contribution < -0.4 is 48.7 Å². The Morgan fingerprint density at radius 2 is 1.49 bits per heavy atom. The van der Waals surface area contributed by atoms with Gasteiger partial charge in [0.25, 0.3) is 21.6 Å². The van der Waals surface area contributed by atoms with Crippen molar-refractivity contribution in [1.29, 1.82) is 0 Å². The molecule has 1 aliphatic carbocycles. The summed E-state index contributed by atoms with van der Waals surface area (Å²) in [5.74, 6) is -10.4. The number of benzene rings is 1. The topological polar surface area (TPSA) is 503 Å². The molecule has 0 radical (unpaired) electrons. The molecule has 0 spiro atoms. The standard InChI is InChI=1S/C66H78N16O17S3/c1-9-38-30(3)40-24-45-51(34(7)83)32(5)42(74-45)22-41-31(4)39(55(76-41)53-54(64(93)98-8)58(87)52-33(6)43(77-56(52)53)23-44(38)73-40)15-17-49(85)81-82-66(94)99-19-20-100-101-28-47(63(91)92)78-61(89)46(25-50(86)68-18-21-102(95,96)97)75-48(84)16-10-29(2)71-60(88)35-11-13-36(14-12-35)69-26-37-27-70-59-57(72-37)62(90)80-65(67)79-59/h11-14,22-24,27,29-31,38-39,46-47,54,69,74,77H,9-10,15-21,25-26,28H2,1-8H3,(H,68,86)(H,71,88)(H,75,84)(H,78,89)(H,81,85)(H,82,94)(H,91,92)(H,95,96,97)(H3,67,70,79,80,90)/t29-,30-,31+,38-,39+,46+,47+,54?/m1/s1. The molecule has 9 rings (SSSR count). The number of carbonyl (C=O) groups is 10. The molecular weight excluding hydrogens is 1390 g/mol. The number of fused-ring (bicyclic) bond motifs is 9. The lowest BCUT2D eigenvalue weighted by Gasteiger charge is -2.21. The molecule has 102 heavy (non-hydrogen) atoms.